The molecular formula is C11H9N3OS2. The Kier molecular flexibility index (Phi) is 2.34. The van der Waals surface area contributed by atoms with Crippen molar-refractivity contribution in [1.29, 1.82) is 0 Å². The van der Waals surface area contributed by atoms with Gasteiger partial charge in [-0.3, -0.25) is 4.79 Å². The monoisotopic (exact) mass is 263 g/mol. The van der Waals surface area contributed by atoms with E-state index in [-0.39, 0.29) is 5.56 Å². The highest BCUT2D eigenvalue weighted by molar-refractivity contribution is 7.18. The molecule has 17 heavy (non-hydrogen) atoms. The molecule has 0 unspecified atom stereocenters. The maximum Gasteiger partial charge on any atom is 0.260 e. The van der Waals surface area contributed by atoms with E-state index in [1.165, 1.54) is 11.3 Å². The van der Waals surface area contributed by atoms with E-state index in [4.69, 9.17) is 0 Å². The van der Waals surface area contributed by atoms with Gasteiger partial charge >= 0.3 is 0 Å². The summed E-state index contributed by atoms with van der Waals surface area (Å²) in [6, 6.07) is 0. The summed E-state index contributed by atoms with van der Waals surface area (Å²) in [7, 11) is 0. The SMILES string of the molecule is Cc1sc2nc(-c3nccs3)[nH]c(=O)c2c1C. The van der Waals surface area contributed by atoms with E-state index in [0.717, 1.165) is 20.3 Å². The number of nitrogens with zero attached hydrogens (tertiary/aromatic N) is 2. The van der Waals surface area contributed by atoms with E-state index in [2.05, 4.69) is 15.0 Å². The second-order valence-corrected chi connectivity index (χ2v) is 5.81. The summed E-state index contributed by atoms with van der Waals surface area (Å²) in [5.41, 5.74) is 0.937. The fourth-order valence-electron chi connectivity index (χ4n) is 1.70. The van der Waals surface area contributed by atoms with Crippen LogP contribution in [0.15, 0.2) is 16.4 Å². The van der Waals surface area contributed by atoms with E-state index in [9.17, 15) is 4.79 Å². The minimum atomic E-state index is -0.0814. The molecule has 6 heteroatoms. The number of fused-ring (bicyclic) bond motifs is 1. The lowest BCUT2D eigenvalue weighted by Crippen LogP contribution is -2.08. The molecule has 3 rings (SSSR count). The smallest absolute Gasteiger partial charge is 0.260 e. The van der Waals surface area contributed by atoms with E-state index >= 15 is 0 Å². The van der Waals surface area contributed by atoms with Crippen molar-refractivity contribution in [1.82, 2.24) is 15.0 Å². The number of hydrogen-bond acceptors (Lipinski definition) is 5. The van der Waals surface area contributed by atoms with Crippen LogP contribution in [0.25, 0.3) is 21.0 Å². The summed E-state index contributed by atoms with van der Waals surface area (Å²) in [4.78, 5) is 25.4. The Morgan fingerprint density at radius 1 is 1.35 bits per heavy atom. The third kappa shape index (κ3) is 1.60. The number of aromatic amines is 1. The average molecular weight is 263 g/mol. The quantitative estimate of drug-likeness (QED) is 0.734. The second kappa shape index (κ2) is 3.75. The van der Waals surface area contributed by atoms with Crippen LogP contribution in [0, 0.1) is 13.8 Å². The van der Waals surface area contributed by atoms with Crippen molar-refractivity contribution in [2.45, 2.75) is 13.8 Å². The molecule has 0 spiro atoms. The minimum Gasteiger partial charge on any atom is -0.304 e. The second-order valence-electron chi connectivity index (χ2n) is 3.72. The van der Waals surface area contributed by atoms with Crippen LogP contribution < -0.4 is 5.56 Å². The summed E-state index contributed by atoms with van der Waals surface area (Å²) in [5.74, 6) is 0.554. The third-order valence-electron chi connectivity index (χ3n) is 2.67. The first kappa shape index (κ1) is 10.6. The van der Waals surface area contributed by atoms with Crippen molar-refractivity contribution in [3.05, 3.63) is 32.4 Å². The van der Waals surface area contributed by atoms with Gasteiger partial charge in [0, 0.05) is 16.5 Å². The molecule has 0 saturated carbocycles. The van der Waals surface area contributed by atoms with E-state index in [1.807, 2.05) is 19.2 Å². The molecule has 0 aliphatic heterocycles. The van der Waals surface area contributed by atoms with Crippen LogP contribution in [-0.2, 0) is 0 Å². The number of thiazole rings is 1. The van der Waals surface area contributed by atoms with Gasteiger partial charge in [-0.2, -0.15) is 0 Å². The third-order valence-corrected chi connectivity index (χ3v) is 4.55. The Balaban J connectivity index is 2.36. The lowest BCUT2D eigenvalue weighted by Gasteiger charge is -1.96. The Morgan fingerprint density at radius 2 is 2.18 bits per heavy atom. The van der Waals surface area contributed by atoms with Gasteiger partial charge in [0.2, 0.25) is 0 Å². The number of rotatable bonds is 1. The summed E-state index contributed by atoms with van der Waals surface area (Å²) in [5, 5.41) is 3.31. The lowest BCUT2D eigenvalue weighted by atomic mass is 10.2. The van der Waals surface area contributed by atoms with Gasteiger partial charge in [0.15, 0.2) is 10.8 Å². The van der Waals surface area contributed by atoms with Crippen molar-refractivity contribution in [2.24, 2.45) is 0 Å². The Hall–Kier alpha value is -1.53. The zero-order valence-corrected chi connectivity index (χ0v) is 10.9. The molecule has 0 aliphatic rings. The van der Waals surface area contributed by atoms with Crippen molar-refractivity contribution in [2.75, 3.05) is 0 Å². The molecule has 0 aromatic carbocycles. The van der Waals surface area contributed by atoms with Crippen LogP contribution in [0.3, 0.4) is 0 Å². The highest BCUT2D eigenvalue weighted by atomic mass is 32.1. The van der Waals surface area contributed by atoms with Crippen LogP contribution in [-0.4, -0.2) is 15.0 Å². The molecule has 0 atom stereocenters. The first-order valence-corrected chi connectivity index (χ1v) is 6.76. The maximum atomic E-state index is 12.0. The normalized spacial score (nSPS) is 11.2. The molecular weight excluding hydrogens is 254 g/mol. The molecule has 0 saturated heterocycles. The van der Waals surface area contributed by atoms with E-state index in [0.29, 0.717) is 11.2 Å². The van der Waals surface area contributed by atoms with Gasteiger partial charge in [-0.15, -0.1) is 22.7 Å². The molecule has 1 N–H and O–H groups in total. The summed E-state index contributed by atoms with van der Waals surface area (Å²) in [6.07, 6.45) is 1.70. The predicted molar refractivity (Wildman–Crippen MR) is 70.8 cm³/mol. The minimum absolute atomic E-state index is 0.0814. The van der Waals surface area contributed by atoms with Crippen LogP contribution in [0.1, 0.15) is 10.4 Å². The van der Waals surface area contributed by atoms with E-state index < -0.39 is 0 Å². The van der Waals surface area contributed by atoms with Crippen LogP contribution >= 0.6 is 22.7 Å². The summed E-state index contributed by atoms with van der Waals surface area (Å²) >= 11 is 3.02. The van der Waals surface area contributed by atoms with Gasteiger partial charge in [-0.25, -0.2) is 9.97 Å². The molecule has 0 fully saturated rings. The fourth-order valence-corrected chi connectivity index (χ4v) is 3.31. The predicted octanol–water partition coefficient (Wildman–Crippen LogP) is 2.72. The van der Waals surface area contributed by atoms with Gasteiger partial charge in [0.05, 0.1) is 5.39 Å². The Bertz CT molecular complexity index is 740. The van der Waals surface area contributed by atoms with Gasteiger partial charge in [-0.05, 0) is 19.4 Å². The first-order chi connectivity index (χ1) is 8.16. The molecule has 0 aliphatic carbocycles. The first-order valence-electron chi connectivity index (χ1n) is 5.06. The summed E-state index contributed by atoms with van der Waals surface area (Å²) < 4.78 is 0. The summed E-state index contributed by atoms with van der Waals surface area (Å²) in [6.45, 7) is 3.96. The van der Waals surface area contributed by atoms with Crippen molar-refractivity contribution < 1.29 is 0 Å². The van der Waals surface area contributed by atoms with E-state index in [1.54, 1.807) is 17.5 Å². The topological polar surface area (TPSA) is 58.6 Å². The number of aryl methyl sites for hydroxylation is 2. The zero-order valence-electron chi connectivity index (χ0n) is 9.27. The van der Waals surface area contributed by atoms with Gasteiger partial charge < -0.3 is 4.98 Å². The van der Waals surface area contributed by atoms with Crippen molar-refractivity contribution in [3.63, 3.8) is 0 Å². The van der Waals surface area contributed by atoms with Gasteiger partial charge in [0.25, 0.3) is 5.56 Å². The number of aromatic nitrogens is 3. The zero-order chi connectivity index (χ0) is 12.0. The van der Waals surface area contributed by atoms with Gasteiger partial charge in [0.1, 0.15) is 4.83 Å². The molecule has 0 bridgehead atoms. The molecule has 3 heterocycles. The van der Waals surface area contributed by atoms with Crippen LogP contribution in [0.2, 0.25) is 0 Å². The van der Waals surface area contributed by atoms with Crippen LogP contribution in [0.5, 0.6) is 0 Å². The lowest BCUT2D eigenvalue weighted by molar-refractivity contribution is 1.17. The number of hydrogen-bond donors (Lipinski definition) is 1. The largest absolute Gasteiger partial charge is 0.304 e. The Labute approximate surface area is 105 Å². The van der Waals surface area contributed by atoms with Crippen LogP contribution in [0.4, 0.5) is 0 Å². The van der Waals surface area contributed by atoms with Crippen molar-refractivity contribution in [3.8, 4) is 10.8 Å². The molecule has 4 nitrogen and oxygen atoms in total. The highest BCUT2D eigenvalue weighted by Gasteiger charge is 2.13. The fraction of sp³-hybridized carbons (Fsp3) is 0.182. The highest BCUT2D eigenvalue weighted by Crippen LogP contribution is 2.27. The van der Waals surface area contributed by atoms with Crippen molar-refractivity contribution >= 4 is 32.9 Å². The maximum absolute atomic E-state index is 12.0. The molecule has 3 aromatic heterocycles. The Morgan fingerprint density at radius 3 is 2.88 bits per heavy atom. The molecule has 0 amide bonds. The molecule has 3 aromatic rings. The average Bonchev–Trinajstić information content (AvgIpc) is 2.88. The van der Waals surface area contributed by atoms with Gasteiger partial charge in [-0.1, -0.05) is 0 Å². The number of nitrogens with one attached hydrogen (secondary N) is 1. The number of H-pyrrole nitrogens is 1. The molecule has 0 radical (unpaired) electrons. The molecule has 86 valence electrons. The number of thiophene rings is 1. The standard InChI is InChI=1S/C11H9N3OS2/c1-5-6(2)17-10-7(5)9(15)13-8(14-10)11-12-3-4-16-11/h3-4H,1-2H3,(H,13,14,15).